The lowest BCUT2D eigenvalue weighted by molar-refractivity contribution is -0.138. The standard InChI is InChI=1S/C22H33N3O2.ClH/c1-17-5-7-19(8-6-17)21(26)25-13-3-4-20(16-25)22(27)24-14-10-18(11-15-24)9-12-23-2;/h5-8,18,20,23H,3-4,9-16H2,1-2H3;1H. The molecule has 2 aliphatic rings. The topological polar surface area (TPSA) is 52.7 Å². The first-order chi connectivity index (χ1) is 13.1. The fourth-order valence-corrected chi connectivity index (χ4v) is 4.29. The highest BCUT2D eigenvalue weighted by Gasteiger charge is 2.33. The maximum atomic E-state index is 13.0. The number of amides is 2. The summed E-state index contributed by atoms with van der Waals surface area (Å²) in [6.45, 7) is 6.13. The van der Waals surface area contributed by atoms with E-state index in [-0.39, 0.29) is 30.1 Å². The molecule has 5 nitrogen and oxygen atoms in total. The monoisotopic (exact) mass is 407 g/mol. The van der Waals surface area contributed by atoms with E-state index in [2.05, 4.69) is 5.32 Å². The van der Waals surface area contributed by atoms with Gasteiger partial charge in [-0.1, -0.05) is 17.7 Å². The highest BCUT2D eigenvalue weighted by Crippen LogP contribution is 2.25. The van der Waals surface area contributed by atoms with Gasteiger partial charge >= 0.3 is 0 Å². The van der Waals surface area contributed by atoms with E-state index in [1.165, 1.54) is 6.42 Å². The molecule has 3 rings (SSSR count). The zero-order valence-corrected chi connectivity index (χ0v) is 18.0. The molecule has 156 valence electrons. The van der Waals surface area contributed by atoms with Crippen LogP contribution < -0.4 is 5.32 Å². The largest absolute Gasteiger partial charge is 0.342 e. The molecule has 2 aliphatic heterocycles. The van der Waals surface area contributed by atoms with Crippen molar-refractivity contribution < 1.29 is 9.59 Å². The zero-order valence-electron chi connectivity index (χ0n) is 17.2. The Kier molecular flexibility index (Phi) is 8.77. The van der Waals surface area contributed by atoms with Gasteiger partial charge in [0.25, 0.3) is 5.91 Å². The molecule has 1 aromatic carbocycles. The number of rotatable bonds is 5. The maximum Gasteiger partial charge on any atom is 0.253 e. The molecule has 0 aliphatic carbocycles. The van der Waals surface area contributed by atoms with Crippen molar-refractivity contribution in [1.29, 1.82) is 0 Å². The molecule has 1 unspecified atom stereocenters. The highest BCUT2D eigenvalue weighted by molar-refractivity contribution is 5.94. The predicted octanol–water partition coefficient (Wildman–Crippen LogP) is 3.12. The predicted molar refractivity (Wildman–Crippen MR) is 115 cm³/mol. The van der Waals surface area contributed by atoms with Gasteiger partial charge in [0.2, 0.25) is 5.91 Å². The van der Waals surface area contributed by atoms with E-state index < -0.39 is 0 Å². The Bertz CT molecular complexity index is 642. The molecule has 2 saturated heterocycles. The Hall–Kier alpha value is -1.59. The molecule has 0 bridgehead atoms. The van der Waals surface area contributed by atoms with E-state index in [0.29, 0.717) is 6.54 Å². The number of hydrogen-bond donors (Lipinski definition) is 1. The Labute approximate surface area is 175 Å². The number of nitrogens with zero attached hydrogens (tertiary/aromatic N) is 2. The minimum atomic E-state index is -0.0398. The van der Waals surface area contributed by atoms with Crippen molar-refractivity contribution >= 4 is 24.2 Å². The first-order valence-electron chi connectivity index (χ1n) is 10.4. The molecule has 28 heavy (non-hydrogen) atoms. The molecule has 0 aromatic heterocycles. The third kappa shape index (κ3) is 5.71. The summed E-state index contributed by atoms with van der Waals surface area (Å²) >= 11 is 0. The zero-order chi connectivity index (χ0) is 19.2. The van der Waals surface area contributed by atoms with Gasteiger partial charge in [0.15, 0.2) is 0 Å². The summed E-state index contributed by atoms with van der Waals surface area (Å²) in [7, 11) is 1.99. The van der Waals surface area contributed by atoms with Gasteiger partial charge in [-0.05, 0) is 70.7 Å². The van der Waals surface area contributed by atoms with Crippen molar-refractivity contribution in [3.63, 3.8) is 0 Å². The lowest BCUT2D eigenvalue weighted by atomic mass is 9.91. The summed E-state index contributed by atoms with van der Waals surface area (Å²) in [4.78, 5) is 29.7. The van der Waals surface area contributed by atoms with Crippen LogP contribution in [0.4, 0.5) is 0 Å². The Morgan fingerprint density at radius 2 is 1.71 bits per heavy atom. The van der Waals surface area contributed by atoms with E-state index in [0.717, 1.165) is 68.9 Å². The molecule has 0 radical (unpaired) electrons. The molecular weight excluding hydrogens is 374 g/mol. The van der Waals surface area contributed by atoms with E-state index in [4.69, 9.17) is 0 Å². The second kappa shape index (κ2) is 10.8. The summed E-state index contributed by atoms with van der Waals surface area (Å²) in [5.41, 5.74) is 1.87. The van der Waals surface area contributed by atoms with Crippen LogP contribution in [0.2, 0.25) is 0 Å². The lowest BCUT2D eigenvalue weighted by Crippen LogP contribution is -2.48. The Morgan fingerprint density at radius 1 is 1.04 bits per heavy atom. The van der Waals surface area contributed by atoms with Crippen molar-refractivity contribution in [1.82, 2.24) is 15.1 Å². The van der Waals surface area contributed by atoms with Crippen molar-refractivity contribution in [2.75, 3.05) is 39.8 Å². The van der Waals surface area contributed by atoms with Gasteiger partial charge in [0, 0.05) is 31.7 Å². The van der Waals surface area contributed by atoms with Crippen LogP contribution in [-0.4, -0.2) is 61.4 Å². The highest BCUT2D eigenvalue weighted by atomic mass is 35.5. The van der Waals surface area contributed by atoms with Crippen LogP contribution in [0, 0.1) is 18.8 Å². The summed E-state index contributed by atoms with van der Waals surface area (Å²) in [6, 6.07) is 7.72. The van der Waals surface area contributed by atoms with Crippen molar-refractivity contribution in [3.8, 4) is 0 Å². The first kappa shape index (κ1) is 22.7. The van der Waals surface area contributed by atoms with Crippen LogP contribution >= 0.6 is 12.4 Å². The minimum Gasteiger partial charge on any atom is -0.342 e. The summed E-state index contributed by atoms with van der Waals surface area (Å²) in [5, 5.41) is 3.21. The molecule has 6 heteroatoms. The van der Waals surface area contributed by atoms with Gasteiger partial charge < -0.3 is 15.1 Å². The van der Waals surface area contributed by atoms with Crippen LogP contribution in [-0.2, 0) is 4.79 Å². The second-order valence-electron chi connectivity index (χ2n) is 8.12. The molecule has 2 fully saturated rings. The van der Waals surface area contributed by atoms with Gasteiger partial charge in [-0.15, -0.1) is 12.4 Å². The number of likely N-dealkylation sites (tertiary alicyclic amines) is 2. The van der Waals surface area contributed by atoms with Crippen LogP contribution in [0.25, 0.3) is 0 Å². The average molecular weight is 408 g/mol. The molecule has 2 amide bonds. The van der Waals surface area contributed by atoms with Crippen molar-refractivity contribution in [2.45, 2.75) is 39.0 Å². The van der Waals surface area contributed by atoms with Crippen LogP contribution in [0.1, 0.15) is 48.0 Å². The SMILES string of the molecule is CNCCC1CCN(C(=O)C2CCCN(C(=O)c3ccc(C)cc3)C2)CC1.Cl. The van der Waals surface area contributed by atoms with Crippen molar-refractivity contribution in [2.24, 2.45) is 11.8 Å². The van der Waals surface area contributed by atoms with E-state index in [1.54, 1.807) is 0 Å². The quantitative estimate of drug-likeness (QED) is 0.815. The Balaban J connectivity index is 0.00000280. The minimum absolute atomic E-state index is 0. The number of hydrogen-bond acceptors (Lipinski definition) is 3. The Morgan fingerprint density at radius 3 is 2.36 bits per heavy atom. The fraction of sp³-hybridized carbons (Fsp3) is 0.636. The maximum absolute atomic E-state index is 13.0. The third-order valence-corrected chi connectivity index (χ3v) is 6.09. The molecule has 0 spiro atoms. The van der Waals surface area contributed by atoms with Crippen molar-refractivity contribution in [3.05, 3.63) is 35.4 Å². The number of aryl methyl sites for hydroxylation is 1. The van der Waals surface area contributed by atoms with Gasteiger partial charge in [0.1, 0.15) is 0 Å². The average Bonchev–Trinajstić information content (AvgIpc) is 2.72. The summed E-state index contributed by atoms with van der Waals surface area (Å²) in [5.74, 6) is 0.997. The van der Waals surface area contributed by atoms with Crippen LogP contribution in [0.3, 0.4) is 0 Å². The van der Waals surface area contributed by atoms with E-state index >= 15 is 0 Å². The van der Waals surface area contributed by atoms with Gasteiger partial charge in [0.05, 0.1) is 5.92 Å². The molecule has 1 aromatic rings. The number of benzene rings is 1. The smallest absolute Gasteiger partial charge is 0.253 e. The number of nitrogens with one attached hydrogen (secondary N) is 1. The fourth-order valence-electron chi connectivity index (χ4n) is 4.29. The number of carbonyl (C=O) groups excluding carboxylic acids is 2. The summed E-state index contributed by atoms with van der Waals surface area (Å²) < 4.78 is 0. The molecule has 1 atom stereocenters. The third-order valence-electron chi connectivity index (χ3n) is 6.09. The number of piperidine rings is 2. The van der Waals surface area contributed by atoms with Gasteiger partial charge in [-0.3, -0.25) is 9.59 Å². The molecule has 0 saturated carbocycles. The lowest BCUT2D eigenvalue weighted by Gasteiger charge is -2.38. The number of halogens is 1. The first-order valence-corrected chi connectivity index (χ1v) is 10.4. The van der Waals surface area contributed by atoms with E-state index in [9.17, 15) is 9.59 Å². The molecule has 1 N–H and O–H groups in total. The number of carbonyl (C=O) groups is 2. The van der Waals surface area contributed by atoms with Gasteiger partial charge in [-0.2, -0.15) is 0 Å². The van der Waals surface area contributed by atoms with E-state index in [1.807, 2.05) is 48.0 Å². The normalized spacial score (nSPS) is 20.6. The molecular formula is C22H34ClN3O2. The van der Waals surface area contributed by atoms with Crippen LogP contribution in [0.15, 0.2) is 24.3 Å². The van der Waals surface area contributed by atoms with Gasteiger partial charge in [-0.25, -0.2) is 0 Å². The second-order valence-corrected chi connectivity index (χ2v) is 8.12. The van der Waals surface area contributed by atoms with Crippen LogP contribution in [0.5, 0.6) is 0 Å². The summed E-state index contributed by atoms with van der Waals surface area (Å²) in [6.07, 6.45) is 5.21. The molecule has 2 heterocycles.